The Hall–Kier alpha value is 1.59. The Morgan fingerprint density at radius 2 is 2.25 bits per heavy atom. The first-order chi connectivity index (χ1) is 1.91. The van der Waals surface area contributed by atoms with E-state index in [9.17, 15) is 0 Å². The second-order valence-corrected chi connectivity index (χ2v) is 49.3. The number of hydrogen-bond donors (Lipinski definition) is 0. The fraction of sp³-hybridized carbons (Fsp3) is 0. The van der Waals surface area contributed by atoms with Crippen LogP contribution in [0.3, 0.4) is 0 Å². The van der Waals surface area contributed by atoms with E-state index in [-0.39, 0.29) is 13.9 Å². The Morgan fingerprint density at radius 1 is 2.00 bits per heavy atom. The second-order valence-electron chi connectivity index (χ2n) is 0.689. The van der Waals surface area contributed by atoms with Gasteiger partial charge in [-0.1, -0.05) is 0 Å². The fourth-order valence-electron chi connectivity index (χ4n) is 0. The molecule has 4 heavy (non-hydrogen) atoms. The van der Waals surface area contributed by atoms with Gasteiger partial charge < -0.3 is 0 Å². The first-order valence-corrected chi connectivity index (χ1v) is 23.0. The van der Waals surface area contributed by atoms with Crippen molar-refractivity contribution < 1.29 is 0 Å². The predicted molar refractivity (Wildman–Crippen MR) is 32.9 cm³/mol. The molecule has 4 heteroatoms. The van der Waals surface area contributed by atoms with E-state index in [4.69, 9.17) is 10.0 Å². The summed E-state index contributed by atoms with van der Waals surface area (Å²) < 4.78 is 0. The molecule has 0 nitrogen and oxygen atoms in total. The van der Waals surface area contributed by atoms with Crippen molar-refractivity contribution in [1.29, 1.82) is 0 Å². The van der Waals surface area contributed by atoms with Gasteiger partial charge in [0.25, 0.3) is 0 Å². The van der Waals surface area contributed by atoms with Crippen LogP contribution in [-0.2, 0) is 0 Å². The van der Waals surface area contributed by atoms with Crippen molar-refractivity contribution >= 4 is 46.3 Å². The summed E-state index contributed by atoms with van der Waals surface area (Å²) in [5.74, 6) is 0. The van der Waals surface area contributed by atoms with Crippen molar-refractivity contribution in [1.82, 2.24) is 0 Å². The molecule has 0 aliphatic heterocycles. The van der Waals surface area contributed by atoms with Crippen LogP contribution >= 0.6 is 10.0 Å². The van der Waals surface area contributed by atoms with Gasteiger partial charge in [0, 0.05) is 0 Å². The van der Waals surface area contributed by atoms with E-state index >= 15 is 0 Å². The summed E-state index contributed by atoms with van der Waals surface area (Å²) >= 11 is 1.01. The minimum absolute atomic E-state index is 0.194. The van der Waals surface area contributed by atoms with Crippen LogP contribution in [-0.4, -0.2) is 36.3 Å². The molecule has 0 rings (SSSR count). The molecule has 26 valence electrons. The Balaban J connectivity index is 1.97. The van der Waals surface area contributed by atoms with Gasteiger partial charge in [0.1, 0.15) is 0 Å². The molecule has 0 aromatic carbocycles. The Kier molecular flexibility index (Phi) is 6.42. The monoisotopic (exact) mass is 218 g/mol. The van der Waals surface area contributed by atoms with Gasteiger partial charge in [-0.3, -0.25) is 0 Å². The Morgan fingerprint density at radius 3 is 2.25 bits per heavy atom. The zero-order valence-corrected chi connectivity index (χ0v) is 12.1. The molecule has 0 unspecified atom stereocenters. The molecule has 0 aliphatic carbocycles. The summed E-state index contributed by atoms with van der Waals surface area (Å²) in [6.45, 7) is 0.565. The van der Waals surface area contributed by atoms with Crippen LogP contribution in [0.1, 0.15) is 0 Å². The first kappa shape index (κ1) is 5.59. The van der Waals surface area contributed by atoms with E-state index < -0.39 is 0 Å². The topological polar surface area (TPSA) is 0 Å². The zero-order chi connectivity index (χ0) is 3.41. The molecule has 0 saturated carbocycles. The molecule has 0 atom stereocenters. The van der Waals surface area contributed by atoms with Crippen LogP contribution in [0.25, 0.3) is 0 Å². The second kappa shape index (κ2) is 4.59. The van der Waals surface area contributed by atoms with Crippen molar-refractivity contribution in [2.75, 3.05) is 0 Å². The predicted octanol–water partition coefficient (Wildman–Crippen LogP) is -2.33. The minimum atomic E-state index is -0.194. The van der Waals surface area contributed by atoms with Crippen molar-refractivity contribution in [3.05, 3.63) is 0 Å². The van der Waals surface area contributed by atoms with Crippen LogP contribution in [0.2, 0.25) is 0 Å². The fourth-order valence-corrected chi connectivity index (χ4v) is 0. The van der Waals surface area contributed by atoms with Crippen molar-refractivity contribution in [2.24, 2.45) is 0 Å². The van der Waals surface area contributed by atoms with E-state index in [2.05, 4.69) is 0 Å². The van der Waals surface area contributed by atoms with Gasteiger partial charge in [-0.25, -0.2) is 0 Å². The zero-order valence-electron chi connectivity index (χ0n) is 2.79. The van der Waals surface area contributed by atoms with Gasteiger partial charge in [0.05, 0.1) is 0 Å². The quantitative estimate of drug-likeness (QED) is 0.431. The number of rotatable bonds is 1. The molecule has 0 heterocycles. The summed E-state index contributed by atoms with van der Waals surface area (Å²) in [4.78, 5) is 0. The molecule has 0 fully saturated rings. The maximum absolute atomic E-state index is 5.48. The molecule has 0 spiro atoms. The van der Waals surface area contributed by atoms with E-state index in [0.717, 1.165) is 0 Å². The third kappa shape index (κ3) is 3.59. The normalized spacial score (nSPS) is 14.2. The summed E-state index contributed by atoms with van der Waals surface area (Å²) in [7, 11) is 5.48. The molecule has 0 aromatic rings. The van der Waals surface area contributed by atoms with Gasteiger partial charge in [0.15, 0.2) is 0 Å². The summed E-state index contributed by atoms with van der Waals surface area (Å²) in [5, 5.41) is 0. The third-order valence-corrected chi connectivity index (χ3v) is 45.9. The van der Waals surface area contributed by atoms with Gasteiger partial charge in [-0.15, -0.1) is 0 Å². The first-order valence-electron chi connectivity index (χ1n) is 1.47. The van der Waals surface area contributed by atoms with Crippen LogP contribution < -0.4 is 0 Å². The molecule has 0 aromatic heterocycles. The molecule has 0 amide bonds. The average molecular weight is 216 g/mol. The summed E-state index contributed by atoms with van der Waals surface area (Å²) in [5.41, 5.74) is 0. The maximum atomic E-state index is 5.48. The van der Waals surface area contributed by atoms with Crippen LogP contribution in [0.5, 0.6) is 0 Å². The van der Waals surface area contributed by atoms with Gasteiger partial charge in [0.2, 0.25) is 0 Å². The molecular formula is H7ClGe2Si. The standard InChI is InChI=1S/ClGe2H7Si/c1-3-4-2/h3-4H2,2H3. The SMILES string of the molecule is [Cl][GeH2][SiH2][GeH3]. The number of hydrogen-bond acceptors (Lipinski definition) is 0. The van der Waals surface area contributed by atoms with Gasteiger partial charge in [-0.05, 0) is 0 Å². The van der Waals surface area contributed by atoms with Crippen molar-refractivity contribution in [3.63, 3.8) is 0 Å². The van der Waals surface area contributed by atoms with Gasteiger partial charge in [-0.2, -0.15) is 0 Å². The molecule has 0 bridgehead atoms. The van der Waals surface area contributed by atoms with E-state index in [1.807, 2.05) is 0 Å². The molecule has 0 radical (unpaired) electrons. The molecule has 0 aliphatic rings. The summed E-state index contributed by atoms with van der Waals surface area (Å²) in [6.07, 6.45) is 0. The Bertz CT molecular complexity index is 8.00. The van der Waals surface area contributed by atoms with E-state index in [0.29, 0.717) is 6.57 Å². The third-order valence-electron chi connectivity index (χ3n) is 0.189. The van der Waals surface area contributed by atoms with E-state index in [1.165, 1.54) is 15.9 Å². The van der Waals surface area contributed by atoms with E-state index in [1.54, 1.807) is 0 Å². The molecule has 0 N–H and O–H groups in total. The Labute approximate surface area is 46.2 Å². The van der Waals surface area contributed by atoms with Crippen molar-refractivity contribution in [2.45, 2.75) is 0 Å². The average Bonchev–Trinajstić information content (AvgIpc) is 1.37. The summed E-state index contributed by atoms with van der Waals surface area (Å²) in [6, 6.07) is 0. The molecular weight excluding hydrogens is 209 g/mol. The van der Waals surface area contributed by atoms with Crippen LogP contribution in [0.15, 0.2) is 0 Å². The van der Waals surface area contributed by atoms with Crippen molar-refractivity contribution in [3.8, 4) is 0 Å². The molecule has 0 saturated heterocycles. The number of halogens is 1. The van der Waals surface area contributed by atoms with Gasteiger partial charge >= 0.3 is 46.3 Å². The van der Waals surface area contributed by atoms with Crippen LogP contribution in [0, 0.1) is 0 Å². The van der Waals surface area contributed by atoms with Crippen LogP contribution in [0.4, 0.5) is 0 Å².